The molecule has 0 bridgehead atoms. The van der Waals surface area contributed by atoms with Crippen LogP contribution < -0.4 is 0 Å². The van der Waals surface area contributed by atoms with Gasteiger partial charge in [0.15, 0.2) is 6.10 Å². The summed E-state index contributed by atoms with van der Waals surface area (Å²) in [5.74, 6) is -1.06. The Kier molecular flexibility index (Phi) is 51.4. The monoisotopic (exact) mass is 919 g/mol. The molecule has 378 valence electrons. The standard InChI is InChI=1S/C60H102O6/c1-4-7-10-13-16-19-22-25-28-29-30-33-35-38-41-44-47-50-53-59(62)65-56-57(66-60(63)54-51-48-45-42-39-36-32-27-24-21-18-15-12-9-6-3)55-64-58(61)52-49-46-43-40-37-34-31-26-23-20-17-14-11-8-5-2/h9,12,18,21,26-29,31-32,39,42,48,51,57H,4-8,10-11,13-17,19-20,22-25,30,33-38,40-41,43-47,49-50,52-56H2,1-3H3/b12-9-,21-18-,29-28-,31-26-,32-27-,42-39-,51-48-. The minimum Gasteiger partial charge on any atom is -0.462 e. The molecule has 0 aliphatic heterocycles. The van der Waals surface area contributed by atoms with Gasteiger partial charge in [-0.2, -0.15) is 0 Å². The van der Waals surface area contributed by atoms with Gasteiger partial charge in [-0.25, -0.2) is 0 Å². The van der Waals surface area contributed by atoms with E-state index in [0.29, 0.717) is 12.8 Å². The highest BCUT2D eigenvalue weighted by atomic mass is 16.6. The third-order valence-corrected chi connectivity index (χ3v) is 11.6. The van der Waals surface area contributed by atoms with Gasteiger partial charge in [0.25, 0.3) is 0 Å². The molecule has 0 aromatic carbocycles. The fourth-order valence-corrected chi connectivity index (χ4v) is 7.51. The molecule has 0 rings (SSSR count). The minimum absolute atomic E-state index is 0.0941. The molecule has 0 aromatic heterocycles. The molecule has 0 aliphatic carbocycles. The van der Waals surface area contributed by atoms with Gasteiger partial charge < -0.3 is 14.2 Å². The van der Waals surface area contributed by atoms with Gasteiger partial charge >= 0.3 is 17.9 Å². The Hall–Kier alpha value is -3.41. The van der Waals surface area contributed by atoms with E-state index in [9.17, 15) is 14.4 Å². The molecule has 0 heterocycles. The number of unbranched alkanes of at least 4 members (excludes halogenated alkanes) is 25. The number of carbonyl (C=O) groups excluding carboxylic acids is 3. The number of allylic oxidation sites excluding steroid dienone is 13. The number of ether oxygens (including phenoxy) is 3. The van der Waals surface area contributed by atoms with Crippen LogP contribution in [0, 0.1) is 0 Å². The maximum Gasteiger partial charge on any atom is 0.310 e. The van der Waals surface area contributed by atoms with Gasteiger partial charge in [-0.3, -0.25) is 14.4 Å². The fraction of sp³-hybridized carbons (Fsp3) is 0.717. The Labute approximate surface area is 407 Å². The van der Waals surface area contributed by atoms with Crippen molar-refractivity contribution in [1.29, 1.82) is 0 Å². The van der Waals surface area contributed by atoms with Crippen LogP contribution in [-0.4, -0.2) is 37.2 Å². The third-order valence-electron chi connectivity index (χ3n) is 11.6. The molecule has 0 radical (unpaired) electrons. The Morgan fingerprint density at radius 1 is 0.333 bits per heavy atom. The van der Waals surface area contributed by atoms with Gasteiger partial charge in [-0.05, 0) is 96.3 Å². The van der Waals surface area contributed by atoms with Crippen molar-refractivity contribution in [2.45, 2.75) is 264 Å². The summed E-state index contributed by atoms with van der Waals surface area (Å²) >= 11 is 0. The average molecular weight is 919 g/mol. The number of hydrogen-bond acceptors (Lipinski definition) is 6. The van der Waals surface area contributed by atoms with Gasteiger partial charge in [-0.15, -0.1) is 0 Å². The summed E-state index contributed by atoms with van der Waals surface area (Å²) in [6.45, 7) is 6.43. The van der Waals surface area contributed by atoms with Gasteiger partial charge in [0.1, 0.15) is 13.2 Å². The molecule has 1 atom stereocenters. The van der Waals surface area contributed by atoms with E-state index < -0.39 is 12.1 Å². The molecule has 0 aliphatic rings. The Morgan fingerprint density at radius 2 is 0.636 bits per heavy atom. The SMILES string of the molecule is CC/C=C\C/C=C\C/C=C\C/C=C\C/C=C\CC(=O)OC(COC(=O)CCCCCCC/C=C\CCCCCCCC)COC(=O)CCCCCCCCC/C=C\CCCCCCCCC. The highest BCUT2D eigenvalue weighted by molar-refractivity contribution is 5.72. The first kappa shape index (κ1) is 62.6. The van der Waals surface area contributed by atoms with Crippen LogP contribution in [0.2, 0.25) is 0 Å². The molecule has 6 nitrogen and oxygen atoms in total. The van der Waals surface area contributed by atoms with Crippen LogP contribution in [0.5, 0.6) is 0 Å². The molecule has 0 saturated heterocycles. The zero-order chi connectivity index (χ0) is 47.9. The quantitative estimate of drug-likeness (QED) is 0.0262. The lowest BCUT2D eigenvalue weighted by atomic mass is 10.1. The van der Waals surface area contributed by atoms with E-state index in [0.717, 1.165) is 83.5 Å². The summed E-state index contributed by atoms with van der Waals surface area (Å²) in [4.78, 5) is 38.0. The molecular weight excluding hydrogens is 817 g/mol. The van der Waals surface area contributed by atoms with Gasteiger partial charge in [-0.1, -0.05) is 228 Å². The van der Waals surface area contributed by atoms with Crippen molar-refractivity contribution in [1.82, 2.24) is 0 Å². The van der Waals surface area contributed by atoms with E-state index in [4.69, 9.17) is 14.2 Å². The topological polar surface area (TPSA) is 78.9 Å². The second-order valence-electron chi connectivity index (χ2n) is 18.1. The Bertz CT molecular complexity index is 1290. The summed E-state index contributed by atoms with van der Waals surface area (Å²) in [5, 5.41) is 0. The van der Waals surface area contributed by atoms with E-state index in [-0.39, 0.29) is 31.6 Å². The van der Waals surface area contributed by atoms with Crippen molar-refractivity contribution in [3.63, 3.8) is 0 Å². The summed E-state index contributed by atoms with van der Waals surface area (Å²) in [6, 6.07) is 0. The third kappa shape index (κ3) is 51.6. The summed E-state index contributed by atoms with van der Waals surface area (Å²) < 4.78 is 16.7. The Balaban J connectivity index is 4.49. The molecule has 0 amide bonds. The van der Waals surface area contributed by atoms with Gasteiger partial charge in [0, 0.05) is 12.8 Å². The molecule has 66 heavy (non-hydrogen) atoms. The maximum atomic E-state index is 12.8. The second-order valence-corrected chi connectivity index (χ2v) is 18.1. The Morgan fingerprint density at radius 3 is 0.985 bits per heavy atom. The largest absolute Gasteiger partial charge is 0.462 e. The molecule has 1 unspecified atom stereocenters. The lowest BCUT2D eigenvalue weighted by Crippen LogP contribution is -2.30. The molecule has 0 N–H and O–H groups in total. The number of hydrogen-bond donors (Lipinski definition) is 0. The van der Waals surface area contributed by atoms with Crippen molar-refractivity contribution in [2.24, 2.45) is 0 Å². The van der Waals surface area contributed by atoms with Crippen molar-refractivity contribution in [2.75, 3.05) is 13.2 Å². The van der Waals surface area contributed by atoms with Gasteiger partial charge in [0.05, 0.1) is 6.42 Å². The van der Waals surface area contributed by atoms with Crippen LogP contribution in [0.15, 0.2) is 85.1 Å². The maximum absolute atomic E-state index is 12.8. The van der Waals surface area contributed by atoms with Crippen LogP contribution in [0.4, 0.5) is 0 Å². The zero-order valence-corrected chi connectivity index (χ0v) is 43.2. The van der Waals surface area contributed by atoms with Crippen molar-refractivity contribution in [3.8, 4) is 0 Å². The number of esters is 3. The van der Waals surface area contributed by atoms with E-state index in [1.165, 1.54) is 135 Å². The first-order chi connectivity index (χ1) is 32.5. The molecule has 0 spiro atoms. The van der Waals surface area contributed by atoms with Crippen molar-refractivity contribution >= 4 is 17.9 Å². The zero-order valence-electron chi connectivity index (χ0n) is 43.2. The smallest absolute Gasteiger partial charge is 0.310 e. The fourth-order valence-electron chi connectivity index (χ4n) is 7.51. The predicted molar refractivity (Wildman–Crippen MR) is 284 cm³/mol. The molecule has 6 heteroatoms. The van der Waals surface area contributed by atoms with Crippen LogP contribution in [0.3, 0.4) is 0 Å². The van der Waals surface area contributed by atoms with Crippen LogP contribution in [0.25, 0.3) is 0 Å². The van der Waals surface area contributed by atoms with E-state index in [1.54, 1.807) is 6.08 Å². The second kappa shape index (κ2) is 54.2. The molecule has 0 aromatic rings. The highest BCUT2D eigenvalue weighted by Gasteiger charge is 2.19. The van der Waals surface area contributed by atoms with E-state index in [1.807, 2.05) is 6.08 Å². The molecular formula is C60H102O6. The van der Waals surface area contributed by atoms with Crippen molar-refractivity contribution in [3.05, 3.63) is 85.1 Å². The van der Waals surface area contributed by atoms with Crippen LogP contribution in [0.1, 0.15) is 258 Å². The molecule has 0 fully saturated rings. The normalized spacial score (nSPS) is 12.7. The average Bonchev–Trinajstić information content (AvgIpc) is 3.31. The first-order valence-electron chi connectivity index (χ1n) is 27.6. The van der Waals surface area contributed by atoms with Gasteiger partial charge in [0.2, 0.25) is 0 Å². The lowest BCUT2D eigenvalue weighted by molar-refractivity contribution is -0.166. The summed E-state index contributed by atoms with van der Waals surface area (Å²) in [5.41, 5.74) is 0. The molecule has 0 saturated carbocycles. The predicted octanol–water partition coefficient (Wildman–Crippen LogP) is 18.4. The van der Waals surface area contributed by atoms with Crippen molar-refractivity contribution < 1.29 is 28.6 Å². The number of carbonyl (C=O) groups is 3. The minimum atomic E-state index is -0.836. The highest BCUT2D eigenvalue weighted by Crippen LogP contribution is 2.14. The van der Waals surface area contributed by atoms with E-state index in [2.05, 4.69) is 93.7 Å². The number of rotatable bonds is 49. The summed E-state index contributed by atoms with van der Waals surface area (Å²) in [6.07, 6.45) is 70.2. The van der Waals surface area contributed by atoms with E-state index >= 15 is 0 Å². The lowest BCUT2D eigenvalue weighted by Gasteiger charge is -2.18. The van der Waals surface area contributed by atoms with Crippen LogP contribution in [-0.2, 0) is 28.6 Å². The van der Waals surface area contributed by atoms with Crippen LogP contribution >= 0.6 is 0 Å². The first-order valence-corrected chi connectivity index (χ1v) is 27.6. The summed E-state index contributed by atoms with van der Waals surface area (Å²) in [7, 11) is 0.